The molecule has 1 heterocycles. The lowest BCUT2D eigenvalue weighted by molar-refractivity contribution is -0.145. The van der Waals surface area contributed by atoms with E-state index in [-0.39, 0.29) is 5.41 Å². The molecule has 0 bridgehead atoms. The van der Waals surface area contributed by atoms with Crippen molar-refractivity contribution < 1.29 is 28.5 Å². The van der Waals surface area contributed by atoms with Gasteiger partial charge in [0.1, 0.15) is 5.69 Å². The number of rotatable bonds is 9. The SMILES string of the molecule is CCn1nc(C)c(C)c1/C(OCOC(=O)OCC(=O)OC)=C(\C=N/C)c1ccc(C(C)(C)C)cc1. The molecule has 0 radical (unpaired) electrons. The predicted molar refractivity (Wildman–Crippen MR) is 134 cm³/mol. The van der Waals surface area contributed by atoms with Gasteiger partial charge in [0, 0.05) is 30.9 Å². The molecule has 0 aliphatic carbocycles. The molecule has 0 N–H and O–H groups in total. The minimum atomic E-state index is -1.05. The molecule has 2 aromatic rings. The lowest BCUT2D eigenvalue weighted by atomic mass is 9.86. The summed E-state index contributed by atoms with van der Waals surface area (Å²) in [5.41, 5.74) is 5.34. The fraction of sp³-hybridized carbons (Fsp3) is 0.462. The zero-order chi connectivity index (χ0) is 26.2. The Kier molecular flexibility index (Phi) is 9.62. The maximum Gasteiger partial charge on any atom is 0.511 e. The van der Waals surface area contributed by atoms with Gasteiger partial charge in [-0.2, -0.15) is 5.10 Å². The standard InChI is InChI=1S/C26H35N3O6/c1-9-29-23(17(2)18(3)28-29)24(34-16-35-25(31)33-15-22(30)32-8)21(14-27-7)19-10-12-20(13-11-19)26(4,5)6/h10-14H,9,15-16H2,1-8H3/b24-21-,27-14-. The molecule has 2 rings (SSSR count). The monoisotopic (exact) mass is 485 g/mol. The van der Waals surface area contributed by atoms with Crippen LogP contribution in [-0.4, -0.2) is 55.7 Å². The molecule has 0 spiro atoms. The average Bonchev–Trinajstić information content (AvgIpc) is 3.11. The number of hydrogen-bond donors (Lipinski definition) is 0. The van der Waals surface area contributed by atoms with Crippen molar-refractivity contribution in [1.29, 1.82) is 0 Å². The number of methoxy groups -OCH3 is 1. The number of carbonyl (C=O) groups excluding carboxylic acids is 2. The molecule has 0 aliphatic rings. The topological polar surface area (TPSA) is 101 Å². The summed E-state index contributed by atoms with van der Waals surface area (Å²) in [6.45, 7) is 12.0. The number of carbonyl (C=O) groups is 2. The summed E-state index contributed by atoms with van der Waals surface area (Å²) in [6, 6.07) is 8.18. The molecule has 0 saturated heterocycles. The van der Waals surface area contributed by atoms with Crippen LogP contribution in [0, 0.1) is 13.8 Å². The van der Waals surface area contributed by atoms with E-state index in [4.69, 9.17) is 14.2 Å². The van der Waals surface area contributed by atoms with Crippen LogP contribution in [0.4, 0.5) is 4.79 Å². The molecule has 9 nitrogen and oxygen atoms in total. The van der Waals surface area contributed by atoms with E-state index in [1.165, 1.54) is 12.7 Å². The molecular formula is C26H35N3O6. The first-order valence-electron chi connectivity index (χ1n) is 11.3. The lowest BCUT2D eigenvalue weighted by Crippen LogP contribution is -2.17. The zero-order valence-electron chi connectivity index (χ0n) is 21.8. The fourth-order valence-electron chi connectivity index (χ4n) is 3.36. The molecule has 0 saturated carbocycles. The van der Waals surface area contributed by atoms with Crippen molar-refractivity contribution in [2.24, 2.45) is 4.99 Å². The van der Waals surface area contributed by atoms with E-state index in [0.717, 1.165) is 22.5 Å². The molecular weight excluding hydrogens is 450 g/mol. The summed E-state index contributed by atoms with van der Waals surface area (Å²) >= 11 is 0. The number of aryl methyl sites for hydroxylation is 2. The van der Waals surface area contributed by atoms with E-state index < -0.39 is 25.5 Å². The van der Waals surface area contributed by atoms with Crippen LogP contribution < -0.4 is 0 Å². The van der Waals surface area contributed by atoms with Gasteiger partial charge in [-0.3, -0.25) is 9.67 Å². The molecule has 9 heteroatoms. The number of aliphatic imine (C=N–C) groups is 1. The van der Waals surface area contributed by atoms with Crippen molar-refractivity contribution in [3.8, 4) is 0 Å². The van der Waals surface area contributed by atoms with Crippen molar-refractivity contribution in [1.82, 2.24) is 9.78 Å². The van der Waals surface area contributed by atoms with Crippen LogP contribution in [0.15, 0.2) is 29.3 Å². The van der Waals surface area contributed by atoms with Crippen LogP contribution in [0.3, 0.4) is 0 Å². The number of nitrogens with zero attached hydrogens (tertiary/aromatic N) is 3. The molecule has 35 heavy (non-hydrogen) atoms. The van der Waals surface area contributed by atoms with Gasteiger partial charge >= 0.3 is 12.1 Å². The van der Waals surface area contributed by atoms with Crippen LogP contribution in [-0.2, 0) is 35.7 Å². The zero-order valence-corrected chi connectivity index (χ0v) is 21.8. The summed E-state index contributed by atoms with van der Waals surface area (Å²) in [7, 11) is 2.88. The Balaban J connectivity index is 2.50. The van der Waals surface area contributed by atoms with Gasteiger partial charge < -0.3 is 18.9 Å². The summed E-state index contributed by atoms with van der Waals surface area (Å²) in [5, 5.41) is 4.61. The van der Waals surface area contributed by atoms with E-state index in [2.05, 4.69) is 47.7 Å². The third kappa shape index (κ3) is 7.18. The third-order valence-corrected chi connectivity index (χ3v) is 5.42. The maximum atomic E-state index is 11.9. The number of allylic oxidation sites excluding steroid dienone is 1. The van der Waals surface area contributed by atoms with Gasteiger partial charge in [0.2, 0.25) is 6.79 Å². The summed E-state index contributed by atoms with van der Waals surface area (Å²) in [4.78, 5) is 27.3. The van der Waals surface area contributed by atoms with E-state index in [1.807, 2.05) is 37.6 Å². The van der Waals surface area contributed by atoms with Gasteiger partial charge in [0.25, 0.3) is 0 Å². The Morgan fingerprint density at radius 3 is 2.29 bits per heavy atom. The first kappa shape index (κ1) is 27.6. The Morgan fingerprint density at radius 1 is 1.09 bits per heavy atom. The first-order chi connectivity index (χ1) is 16.5. The summed E-state index contributed by atoms with van der Waals surface area (Å²) in [6.07, 6.45) is 0.658. The van der Waals surface area contributed by atoms with Gasteiger partial charge in [0.05, 0.1) is 12.8 Å². The Bertz CT molecular complexity index is 1090. The normalized spacial score (nSPS) is 12.3. The van der Waals surface area contributed by atoms with Crippen LogP contribution in [0.1, 0.15) is 55.8 Å². The molecule has 1 aromatic carbocycles. The highest BCUT2D eigenvalue weighted by Gasteiger charge is 2.22. The first-order valence-corrected chi connectivity index (χ1v) is 11.3. The van der Waals surface area contributed by atoms with Gasteiger partial charge in [0.15, 0.2) is 12.4 Å². The molecule has 0 amide bonds. The largest absolute Gasteiger partial charge is 0.511 e. The van der Waals surface area contributed by atoms with Crippen molar-refractivity contribution >= 4 is 29.7 Å². The van der Waals surface area contributed by atoms with Crippen molar-refractivity contribution in [2.45, 2.75) is 53.5 Å². The highest BCUT2D eigenvalue weighted by atomic mass is 16.8. The van der Waals surface area contributed by atoms with Gasteiger partial charge in [-0.25, -0.2) is 9.59 Å². The fourth-order valence-corrected chi connectivity index (χ4v) is 3.36. The quantitative estimate of drug-likeness (QED) is 0.220. The van der Waals surface area contributed by atoms with Crippen LogP contribution >= 0.6 is 0 Å². The molecule has 0 aliphatic heterocycles. The third-order valence-electron chi connectivity index (χ3n) is 5.42. The molecule has 0 unspecified atom stereocenters. The van der Waals surface area contributed by atoms with Gasteiger partial charge in [-0.15, -0.1) is 0 Å². The summed E-state index contributed by atoms with van der Waals surface area (Å²) in [5.74, 6) is -0.235. The minimum absolute atomic E-state index is 0.00745. The highest BCUT2D eigenvalue weighted by Crippen LogP contribution is 2.31. The number of esters is 1. The van der Waals surface area contributed by atoms with Crippen molar-refractivity contribution in [3.63, 3.8) is 0 Å². The number of aromatic nitrogens is 2. The van der Waals surface area contributed by atoms with E-state index in [1.54, 1.807) is 13.3 Å². The second-order valence-electron chi connectivity index (χ2n) is 8.85. The lowest BCUT2D eigenvalue weighted by Gasteiger charge is -2.20. The number of benzene rings is 1. The van der Waals surface area contributed by atoms with Gasteiger partial charge in [-0.1, -0.05) is 45.0 Å². The second kappa shape index (κ2) is 12.2. The van der Waals surface area contributed by atoms with Gasteiger partial charge in [-0.05, 0) is 37.3 Å². The van der Waals surface area contributed by atoms with Crippen molar-refractivity contribution in [3.05, 3.63) is 52.3 Å². The average molecular weight is 486 g/mol. The van der Waals surface area contributed by atoms with Crippen molar-refractivity contribution in [2.75, 3.05) is 27.6 Å². The number of hydrogen-bond acceptors (Lipinski definition) is 8. The Morgan fingerprint density at radius 2 is 1.74 bits per heavy atom. The second-order valence-corrected chi connectivity index (χ2v) is 8.85. The maximum absolute atomic E-state index is 11.9. The van der Waals surface area contributed by atoms with E-state index >= 15 is 0 Å². The van der Waals surface area contributed by atoms with E-state index in [0.29, 0.717) is 17.9 Å². The Labute approximate surface area is 206 Å². The smallest absolute Gasteiger partial charge is 0.466 e. The van der Waals surface area contributed by atoms with Crippen LogP contribution in [0.2, 0.25) is 0 Å². The Hall–Kier alpha value is -3.62. The predicted octanol–water partition coefficient (Wildman–Crippen LogP) is 4.69. The summed E-state index contributed by atoms with van der Waals surface area (Å²) < 4.78 is 22.1. The van der Waals surface area contributed by atoms with Crippen LogP contribution in [0.5, 0.6) is 0 Å². The number of ether oxygens (including phenoxy) is 4. The molecule has 0 atom stereocenters. The molecule has 0 fully saturated rings. The van der Waals surface area contributed by atoms with Crippen LogP contribution in [0.25, 0.3) is 11.3 Å². The van der Waals surface area contributed by atoms with E-state index in [9.17, 15) is 9.59 Å². The molecule has 190 valence electrons. The molecule has 1 aromatic heterocycles. The minimum Gasteiger partial charge on any atom is -0.466 e. The highest BCUT2D eigenvalue weighted by molar-refractivity contribution is 6.18.